The third-order valence-corrected chi connectivity index (χ3v) is 3.45. The van der Waals surface area contributed by atoms with Crippen molar-refractivity contribution in [3.05, 3.63) is 35.9 Å². The molecular weight excluding hydrogens is 271 g/mol. The summed E-state index contributed by atoms with van der Waals surface area (Å²) in [6.07, 6.45) is -4.27. The molecule has 0 bridgehead atoms. The molecule has 0 saturated carbocycles. The van der Waals surface area contributed by atoms with Gasteiger partial charge in [-0.1, -0.05) is 30.3 Å². The van der Waals surface area contributed by atoms with E-state index >= 15 is 0 Å². The number of rotatable bonds is 2. The summed E-state index contributed by atoms with van der Waals surface area (Å²) < 4.78 is 41.6. The van der Waals surface area contributed by atoms with Gasteiger partial charge in [0.1, 0.15) is 5.60 Å². The van der Waals surface area contributed by atoms with Gasteiger partial charge >= 0.3 is 12.1 Å². The van der Waals surface area contributed by atoms with Crippen LogP contribution in [-0.4, -0.2) is 24.3 Å². The number of esters is 1. The van der Waals surface area contributed by atoms with Gasteiger partial charge < -0.3 is 10.1 Å². The van der Waals surface area contributed by atoms with Crippen LogP contribution in [0.15, 0.2) is 30.3 Å². The first-order valence-corrected chi connectivity index (χ1v) is 6.39. The van der Waals surface area contributed by atoms with Crippen LogP contribution in [0.3, 0.4) is 0 Å². The first kappa shape index (κ1) is 14.8. The highest BCUT2D eigenvalue weighted by Crippen LogP contribution is 2.34. The smallest absolute Gasteiger partial charge is 0.453 e. The first-order chi connectivity index (χ1) is 9.30. The summed E-state index contributed by atoms with van der Waals surface area (Å²) in [5.41, 5.74) is -0.125. The molecule has 0 unspecified atom stereocenters. The fourth-order valence-corrected chi connectivity index (χ4v) is 2.41. The van der Waals surface area contributed by atoms with Gasteiger partial charge in [-0.2, -0.15) is 13.2 Å². The van der Waals surface area contributed by atoms with E-state index in [9.17, 15) is 18.0 Å². The largest absolute Gasteiger partial charge is 0.490 e. The second-order valence-corrected chi connectivity index (χ2v) is 5.21. The van der Waals surface area contributed by atoms with Gasteiger partial charge in [0.2, 0.25) is 0 Å². The fraction of sp³-hybridized carbons (Fsp3) is 0.500. The normalized spacial score (nSPS) is 27.1. The van der Waals surface area contributed by atoms with Crippen molar-refractivity contribution in [3.63, 3.8) is 0 Å². The van der Waals surface area contributed by atoms with Crippen molar-refractivity contribution in [2.24, 2.45) is 0 Å². The lowest BCUT2D eigenvalue weighted by molar-refractivity contribution is -0.215. The number of alkyl halides is 3. The van der Waals surface area contributed by atoms with Crippen LogP contribution in [0, 0.1) is 0 Å². The average Bonchev–Trinajstić information content (AvgIpc) is 2.38. The van der Waals surface area contributed by atoms with Gasteiger partial charge in [-0.25, -0.2) is 4.79 Å². The Balaban J connectivity index is 2.08. The van der Waals surface area contributed by atoms with Crippen LogP contribution in [-0.2, 0) is 9.53 Å². The third kappa shape index (κ3) is 3.50. The molecule has 1 aliphatic heterocycles. The van der Waals surface area contributed by atoms with Crippen molar-refractivity contribution >= 4 is 5.97 Å². The van der Waals surface area contributed by atoms with Gasteiger partial charge in [0, 0.05) is 12.5 Å². The van der Waals surface area contributed by atoms with E-state index in [0.717, 1.165) is 5.56 Å². The average molecular weight is 287 g/mol. The minimum atomic E-state index is -4.95. The maximum atomic E-state index is 12.3. The number of hydrogen-bond acceptors (Lipinski definition) is 3. The lowest BCUT2D eigenvalue weighted by Crippen LogP contribution is -2.46. The topological polar surface area (TPSA) is 38.3 Å². The predicted octanol–water partition coefficient (Wildman–Crippen LogP) is 2.98. The van der Waals surface area contributed by atoms with Crippen molar-refractivity contribution < 1.29 is 22.7 Å². The van der Waals surface area contributed by atoms with Gasteiger partial charge in [0.05, 0.1) is 0 Å². The van der Waals surface area contributed by atoms with Crippen molar-refractivity contribution in [1.29, 1.82) is 0 Å². The number of hydrogen-bond donors (Lipinski definition) is 1. The van der Waals surface area contributed by atoms with Crippen LogP contribution in [0.2, 0.25) is 0 Å². The summed E-state index contributed by atoms with van der Waals surface area (Å²) in [4.78, 5) is 11.0. The SMILES string of the molecule is C[C@@]1(OC(=O)C(F)(F)F)CCN[C@@H](c2ccccc2)C1. The summed E-state index contributed by atoms with van der Waals surface area (Å²) >= 11 is 0. The number of nitrogens with one attached hydrogen (secondary N) is 1. The summed E-state index contributed by atoms with van der Waals surface area (Å²) in [5, 5.41) is 3.23. The van der Waals surface area contributed by atoms with Gasteiger partial charge in [0.25, 0.3) is 0 Å². The van der Waals surface area contributed by atoms with Crippen LogP contribution in [0.5, 0.6) is 0 Å². The Bertz CT molecular complexity index is 475. The van der Waals surface area contributed by atoms with Crippen molar-refractivity contribution in [2.45, 2.75) is 37.6 Å². The Morgan fingerprint density at radius 1 is 1.35 bits per heavy atom. The molecule has 0 spiro atoms. The lowest BCUT2D eigenvalue weighted by Gasteiger charge is -2.38. The molecule has 0 amide bonds. The molecule has 1 aromatic rings. The van der Waals surface area contributed by atoms with Gasteiger partial charge in [0.15, 0.2) is 0 Å². The maximum Gasteiger partial charge on any atom is 0.490 e. The molecular formula is C14H16F3NO2. The Hall–Kier alpha value is -1.56. The molecule has 0 aliphatic carbocycles. The quantitative estimate of drug-likeness (QED) is 0.850. The maximum absolute atomic E-state index is 12.3. The highest BCUT2D eigenvalue weighted by molar-refractivity contribution is 5.76. The third-order valence-electron chi connectivity index (χ3n) is 3.45. The molecule has 0 radical (unpaired) electrons. The van der Waals surface area contributed by atoms with Gasteiger partial charge in [-0.3, -0.25) is 0 Å². The van der Waals surface area contributed by atoms with E-state index in [1.54, 1.807) is 6.92 Å². The number of carbonyl (C=O) groups is 1. The number of carbonyl (C=O) groups excluding carboxylic acids is 1. The summed E-state index contributed by atoms with van der Waals surface area (Å²) in [6.45, 7) is 2.05. The standard InChI is InChI=1S/C14H16F3NO2/c1-13(20-12(19)14(15,16)17)7-8-18-11(9-13)10-5-3-2-4-6-10/h2-6,11,18H,7-9H2,1H3/t11-,13-/m1/s1. The number of benzene rings is 1. The second-order valence-electron chi connectivity index (χ2n) is 5.21. The van der Waals surface area contributed by atoms with Crippen LogP contribution < -0.4 is 5.32 Å². The Kier molecular flexibility index (Phi) is 4.04. The molecule has 0 aromatic heterocycles. The van der Waals surface area contributed by atoms with Crippen LogP contribution in [0.1, 0.15) is 31.4 Å². The molecule has 2 atom stereocenters. The van der Waals surface area contributed by atoms with E-state index in [1.165, 1.54) is 0 Å². The van der Waals surface area contributed by atoms with Crippen LogP contribution in [0.4, 0.5) is 13.2 Å². The minimum absolute atomic E-state index is 0.115. The fourth-order valence-electron chi connectivity index (χ4n) is 2.41. The van der Waals surface area contributed by atoms with Gasteiger partial charge in [-0.15, -0.1) is 0 Å². The van der Waals surface area contributed by atoms with Crippen LogP contribution in [0.25, 0.3) is 0 Å². The van der Waals surface area contributed by atoms with E-state index in [4.69, 9.17) is 4.74 Å². The molecule has 2 rings (SSSR count). The molecule has 6 heteroatoms. The molecule has 3 nitrogen and oxygen atoms in total. The zero-order valence-corrected chi connectivity index (χ0v) is 11.0. The van der Waals surface area contributed by atoms with E-state index in [0.29, 0.717) is 19.4 Å². The summed E-state index contributed by atoms with van der Waals surface area (Å²) in [7, 11) is 0. The Morgan fingerprint density at radius 3 is 2.60 bits per heavy atom. The monoisotopic (exact) mass is 287 g/mol. The lowest BCUT2D eigenvalue weighted by atomic mass is 9.86. The Labute approximate surface area is 115 Å². The van der Waals surface area contributed by atoms with Crippen molar-refractivity contribution in [1.82, 2.24) is 5.32 Å². The molecule has 1 heterocycles. The highest BCUT2D eigenvalue weighted by Gasteiger charge is 2.46. The van der Waals surface area contributed by atoms with E-state index in [-0.39, 0.29) is 6.04 Å². The zero-order chi connectivity index (χ0) is 14.8. The zero-order valence-electron chi connectivity index (χ0n) is 11.0. The highest BCUT2D eigenvalue weighted by atomic mass is 19.4. The molecule has 1 saturated heterocycles. The minimum Gasteiger partial charge on any atom is -0.453 e. The van der Waals surface area contributed by atoms with Crippen molar-refractivity contribution in [2.75, 3.05) is 6.54 Å². The molecule has 1 N–H and O–H groups in total. The van der Waals surface area contributed by atoms with Crippen molar-refractivity contribution in [3.8, 4) is 0 Å². The second kappa shape index (κ2) is 5.44. The molecule has 1 aliphatic rings. The van der Waals surface area contributed by atoms with E-state index in [1.807, 2.05) is 30.3 Å². The molecule has 1 fully saturated rings. The molecule has 20 heavy (non-hydrogen) atoms. The van der Waals surface area contributed by atoms with E-state index < -0.39 is 17.7 Å². The van der Waals surface area contributed by atoms with Crippen LogP contribution >= 0.6 is 0 Å². The number of ether oxygens (including phenoxy) is 1. The first-order valence-electron chi connectivity index (χ1n) is 6.39. The van der Waals surface area contributed by atoms with E-state index in [2.05, 4.69) is 5.32 Å². The van der Waals surface area contributed by atoms with Gasteiger partial charge in [-0.05, 0) is 25.5 Å². The summed E-state index contributed by atoms with van der Waals surface area (Å²) in [6, 6.07) is 9.28. The molecule has 1 aromatic carbocycles. The molecule has 110 valence electrons. The number of piperidine rings is 1. The number of halogens is 3. The Morgan fingerprint density at radius 2 is 2.00 bits per heavy atom. The predicted molar refractivity (Wildman–Crippen MR) is 67.0 cm³/mol. The summed E-state index contributed by atoms with van der Waals surface area (Å²) in [5.74, 6) is -2.12.